The predicted octanol–water partition coefficient (Wildman–Crippen LogP) is 8.18. The van der Waals surface area contributed by atoms with Crippen LogP contribution in [-0.4, -0.2) is 22.3 Å². The number of hydrogen-bond donors (Lipinski definition) is 0. The van der Waals surface area contributed by atoms with E-state index >= 15 is 0 Å². The number of ether oxygens (including phenoxy) is 1. The zero-order valence-corrected chi connectivity index (χ0v) is 21.5. The molecule has 3 nitrogen and oxygen atoms in total. The van der Waals surface area contributed by atoms with Crippen LogP contribution in [-0.2, 0) is 11.2 Å². The summed E-state index contributed by atoms with van der Waals surface area (Å²) < 4.78 is 8.41. The third kappa shape index (κ3) is 6.79. The van der Waals surface area contributed by atoms with E-state index in [4.69, 9.17) is 9.72 Å². The van der Waals surface area contributed by atoms with Crippen molar-refractivity contribution in [2.24, 2.45) is 0 Å². The Morgan fingerprint density at radius 2 is 1.88 bits per heavy atom. The van der Waals surface area contributed by atoms with Crippen molar-refractivity contribution in [3.8, 4) is 0 Å². The molecule has 33 heavy (non-hydrogen) atoms. The number of allylic oxidation sites excluding steroid dienone is 9. The Labute approximate surface area is 200 Å². The SMILES string of the molecule is C=C/C=C\C=C(/C)C(C)n1cc(/C(C=C)=C/C)c2ncc(CC(C)OCC(C)=C(C)C)cc21. The van der Waals surface area contributed by atoms with Gasteiger partial charge in [0.15, 0.2) is 0 Å². The van der Waals surface area contributed by atoms with Gasteiger partial charge in [0.1, 0.15) is 0 Å². The molecule has 0 bridgehead atoms. The van der Waals surface area contributed by atoms with Gasteiger partial charge >= 0.3 is 0 Å². The molecule has 0 aromatic carbocycles. The van der Waals surface area contributed by atoms with Crippen LogP contribution in [0.2, 0.25) is 0 Å². The van der Waals surface area contributed by atoms with E-state index in [0.717, 1.165) is 28.6 Å². The molecule has 2 aromatic heterocycles. The minimum absolute atomic E-state index is 0.115. The molecule has 3 heteroatoms. The highest BCUT2D eigenvalue weighted by Crippen LogP contribution is 2.32. The van der Waals surface area contributed by atoms with Gasteiger partial charge in [0, 0.05) is 18.0 Å². The lowest BCUT2D eigenvalue weighted by atomic mass is 10.1. The smallest absolute Gasteiger partial charge is 0.0959 e. The zero-order valence-electron chi connectivity index (χ0n) is 21.5. The van der Waals surface area contributed by atoms with Gasteiger partial charge in [-0.15, -0.1) is 0 Å². The second-order valence-corrected chi connectivity index (χ2v) is 8.92. The number of rotatable bonds is 11. The molecule has 0 N–H and O–H groups in total. The average Bonchev–Trinajstić information content (AvgIpc) is 3.16. The summed E-state index contributed by atoms with van der Waals surface area (Å²) in [5.74, 6) is 0. The largest absolute Gasteiger partial charge is 0.374 e. The lowest BCUT2D eigenvalue weighted by Gasteiger charge is -2.17. The summed E-state index contributed by atoms with van der Waals surface area (Å²) in [7, 11) is 0. The van der Waals surface area contributed by atoms with Crippen LogP contribution in [0.5, 0.6) is 0 Å². The van der Waals surface area contributed by atoms with E-state index in [1.54, 1.807) is 6.08 Å². The van der Waals surface area contributed by atoms with Crippen molar-refractivity contribution in [3.05, 3.63) is 95.9 Å². The van der Waals surface area contributed by atoms with Gasteiger partial charge in [0.2, 0.25) is 0 Å². The van der Waals surface area contributed by atoms with Crippen LogP contribution in [0.25, 0.3) is 16.6 Å². The average molecular weight is 445 g/mol. The van der Waals surface area contributed by atoms with Gasteiger partial charge in [0.25, 0.3) is 0 Å². The second kappa shape index (κ2) is 12.4. The van der Waals surface area contributed by atoms with Gasteiger partial charge in [-0.25, -0.2) is 0 Å². The molecule has 0 radical (unpaired) electrons. The summed E-state index contributed by atoms with van der Waals surface area (Å²) in [6.45, 7) is 23.4. The standard InChI is InChI=1S/C30H40N2O/c1-10-13-14-15-22(6)25(9)32-19-28(27(11-2)12-3)30-29(32)17-26(18-31-30)16-24(8)33-20-23(7)21(4)5/h10-15,17-19,24-25H,1-2,16,20H2,3-9H3/b14-13-,22-15+,27-12+. The Morgan fingerprint density at radius 3 is 2.48 bits per heavy atom. The highest BCUT2D eigenvalue weighted by Gasteiger charge is 2.17. The summed E-state index contributed by atoms with van der Waals surface area (Å²) in [5.41, 5.74) is 9.38. The van der Waals surface area contributed by atoms with E-state index in [0.29, 0.717) is 6.61 Å². The Hall–Kier alpha value is -2.91. The fraction of sp³-hybridized carbons (Fsp3) is 0.367. The lowest BCUT2D eigenvalue weighted by Crippen LogP contribution is -2.14. The number of aromatic nitrogens is 2. The van der Waals surface area contributed by atoms with Crippen LogP contribution in [0.4, 0.5) is 0 Å². The molecule has 0 saturated carbocycles. The van der Waals surface area contributed by atoms with Crippen LogP contribution in [0, 0.1) is 0 Å². The van der Waals surface area contributed by atoms with E-state index in [2.05, 4.69) is 83.7 Å². The van der Waals surface area contributed by atoms with Crippen LogP contribution in [0.1, 0.15) is 65.6 Å². The highest BCUT2D eigenvalue weighted by molar-refractivity contribution is 5.93. The van der Waals surface area contributed by atoms with Crippen LogP contribution < -0.4 is 0 Å². The number of fused-ring (bicyclic) bond motifs is 1. The Morgan fingerprint density at radius 1 is 1.15 bits per heavy atom. The van der Waals surface area contributed by atoms with Crippen molar-refractivity contribution in [1.29, 1.82) is 0 Å². The summed E-state index contributed by atoms with van der Waals surface area (Å²) in [6, 6.07) is 2.45. The molecular formula is C30H40N2O. The van der Waals surface area contributed by atoms with Crippen molar-refractivity contribution < 1.29 is 4.74 Å². The molecule has 2 heterocycles. The summed E-state index contributed by atoms with van der Waals surface area (Å²) in [4.78, 5) is 4.89. The first-order valence-corrected chi connectivity index (χ1v) is 11.7. The first-order chi connectivity index (χ1) is 15.7. The molecule has 176 valence electrons. The fourth-order valence-corrected chi connectivity index (χ4v) is 3.64. The van der Waals surface area contributed by atoms with E-state index in [1.807, 2.05) is 31.3 Å². The predicted molar refractivity (Wildman–Crippen MR) is 145 cm³/mol. The maximum Gasteiger partial charge on any atom is 0.0959 e. The van der Waals surface area contributed by atoms with Crippen LogP contribution in [0.15, 0.2) is 84.8 Å². The van der Waals surface area contributed by atoms with Crippen molar-refractivity contribution in [3.63, 3.8) is 0 Å². The first kappa shape index (κ1) is 26.3. The van der Waals surface area contributed by atoms with Crippen molar-refractivity contribution in [2.75, 3.05) is 6.61 Å². The molecular weight excluding hydrogens is 404 g/mol. The maximum atomic E-state index is 6.09. The molecule has 0 fully saturated rings. The Kier molecular flexibility index (Phi) is 9.87. The highest BCUT2D eigenvalue weighted by atomic mass is 16.5. The molecule has 2 aromatic rings. The van der Waals surface area contributed by atoms with Gasteiger partial charge < -0.3 is 9.30 Å². The third-order valence-electron chi connectivity index (χ3n) is 6.21. The molecule has 0 aliphatic rings. The fourth-order valence-electron chi connectivity index (χ4n) is 3.64. The molecule has 0 amide bonds. The van der Waals surface area contributed by atoms with E-state index in [1.165, 1.54) is 22.3 Å². The third-order valence-corrected chi connectivity index (χ3v) is 6.21. The second-order valence-electron chi connectivity index (χ2n) is 8.92. The summed E-state index contributed by atoms with van der Waals surface area (Å²) in [5, 5.41) is 0. The normalized spacial score (nSPS) is 14.5. The summed E-state index contributed by atoms with van der Waals surface area (Å²) >= 11 is 0. The molecule has 2 unspecified atom stereocenters. The first-order valence-electron chi connectivity index (χ1n) is 11.7. The van der Waals surface area contributed by atoms with Crippen molar-refractivity contribution in [1.82, 2.24) is 9.55 Å². The van der Waals surface area contributed by atoms with Gasteiger partial charge in [-0.05, 0) is 77.7 Å². The minimum Gasteiger partial charge on any atom is -0.374 e. The molecule has 0 aliphatic carbocycles. The van der Waals surface area contributed by atoms with Gasteiger partial charge in [0.05, 0.1) is 29.8 Å². The van der Waals surface area contributed by atoms with Crippen molar-refractivity contribution >= 4 is 16.6 Å². The monoisotopic (exact) mass is 444 g/mol. The lowest BCUT2D eigenvalue weighted by molar-refractivity contribution is 0.0834. The van der Waals surface area contributed by atoms with Gasteiger partial charge in [-0.1, -0.05) is 60.8 Å². The van der Waals surface area contributed by atoms with Crippen LogP contribution >= 0.6 is 0 Å². The van der Waals surface area contributed by atoms with E-state index < -0.39 is 0 Å². The molecule has 0 saturated heterocycles. The van der Waals surface area contributed by atoms with Crippen molar-refractivity contribution in [2.45, 2.75) is 67.0 Å². The topological polar surface area (TPSA) is 27.1 Å². The Bertz CT molecular complexity index is 1100. The molecule has 2 atom stereocenters. The van der Waals surface area contributed by atoms with Gasteiger partial charge in [-0.3, -0.25) is 4.98 Å². The zero-order chi connectivity index (χ0) is 24.5. The molecule has 2 rings (SSSR count). The number of hydrogen-bond acceptors (Lipinski definition) is 2. The number of pyridine rings is 1. The summed E-state index contributed by atoms with van der Waals surface area (Å²) in [6.07, 6.45) is 17.0. The quantitative estimate of drug-likeness (QED) is 0.258. The molecule has 0 aliphatic heterocycles. The van der Waals surface area contributed by atoms with Crippen LogP contribution in [0.3, 0.4) is 0 Å². The Balaban J connectivity index is 2.46. The number of nitrogens with zero attached hydrogens (tertiary/aromatic N) is 2. The van der Waals surface area contributed by atoms with E-state index in [9.17, 15) is 0 Å². The minimum atomic E-state index is 0.115. The maximum absolute atomic E-state index is 6.09. The molecule has 0 spiro atoms. The van der Waals surface area contributed by atoms with E-state index in [-0.39, 0.29) is 12.1 Å². The van der Waals surface area contributed by atoms with Gasteiger partial charge in [-0.2, -0.15) is 0 Å².